The molecular formula is C22H25FN4O5. The van der Waals surface area contributed by atoms with Crippen molar-refractivity contribution in [3.63, 3.8) is 0 Å². The molecule has 0 bridgehead atoms. The molecule has 0 unspecified atom stereocenters. The summed E-state index contributed by atoms with van der Waals surface area (Å²) in [7, 11) is 0. The van der Waals surface area contributed by atoms with E-state index >= 15 is 0 Å². The molecular weight excluding hydrogens is 419 g/mol. The topological polar surface area (TPSA) is 128 Å². The van der Waals surface area contributed by atoms with Gasteiger partial charge in [0.15, 0.2) is 6.61 Å². The van der Waals surface area contributed by atoms with Crippen molar-refractivity contribution in [1.29, 1.82) is 0 Å². The molecule has 9 nitrogen and oxygen atoms in total. The second kappa shape index (κ2) is 11.2. The van der Waals surface area contributed by atoms with Crippen LogP contribution in [-0.4, -0.2) is 69.3 Å². The van der Waals surface area contributed by atoms with Crippen molar-refractivity contribution in [2.45, 2.75) is 25.1 Å². The molecule has 0 aliphatic carbocycles. The number of carbonyl (C=O) groups is 2. The number of hydrogen-bond donors (Lipinski definition) is 4. The van der Waals surface area contributed by atoms with E-state index in [4.69, 9.17) is 14.6 Å². The fraction of sp³-hybridized carbons (Fsp3) is 0.318. The number of aromatic amines is 1. The van der Waals surface area contributed by atoms with Gasteiger partial charge in [-0.2, -0.15) is 0 Å². The van der Waals surface area contributed by atoms with E-state index in [-0.39, 0.29) is 24.8 Å². The van der Waals surface area contributed by atoms with Crippen molar-refractivity contribution in [2.75, 3.05) is 19.7 Å². The highest BCUT2D eigenvalue weighted by Crippen LogP contribution is 2.16. The molecule has 1 amide bonds. The number of para-hydroxylation sites is 2. The summed E-state index contributed by atoms with van der Waals surface area (Å²) in [5, 5.41) is 20.0. The third-order valence-electron chi connectivity index (χ3n) is 5.00. The number of piperidine rings is 1. The van der Waals surface area contributed by atoms with E-state index in [1.54, 1.807) is 0 Å². The largest absolute Gasteiger partial charge is 0.484 e. The SMILES string of the molecule is O=C(COc1ccc(F)cc1)N[C@@H]1CN(Cc2nc3ccccc3[nH]2)CC[C@@H]1O.O=CO. The van der Waals surface area contributed by atoms with Crippen LogP contribution in [0.1, 0.15) is 12.2 Å². The number of fused-ring (bicyclic) bond motifs is 1. The molecule has 1 aliphatic heterocycles. The Labute approximate surface area is 183 Å². The summed E-state index contributed by atoms with van der Waals surface area (Å²) in [6.07, 6.45) is -0.0547. The molecule has 170 valence electrons. The molecule has 10 heteroatoms. The van der Waals surface area contributed by atoms with Crippen LogP contribution in [0.15, 0.2) is 48.5 Å². The highest BCUT2D eigenvalue weighted by Gasteiger charge is 2.29. The first-order valence-corrected chi connectivity index (χ1v) is 10.1. The summed E-state index contributed by atoms with van der Waals surface area (Å²) >= 11 is 0. The minimum Gasteiger partial charge on any atom is -0.484 e. The Hall–Kier alpha value is -3.50. The number of rotatable bonds is 6. The maximum atomic E-state index is 12.9. The van der Waals surface area contributed by atoms with E-state index in [1.807, 2.05) is 24.3 Å². The average molecular weight is 444 g/mol. The molecule has 1 saturated heterocycles. The molecule has 2 atom stereocenters. The van der Waals surface area contributed by atoms with Gasteiger partial charge < -0.3 is 25.3 Å². The Bertz CT molecular complexity index is 994. The zero-order valence-electron chi connectivity index (χ0n) is 17.3. The monoisotopic (exact) mass is 444 g/mol. The number of amides is 1. The van der Waals surface area contributed by atoms with Crippen molar-refractivity contribution in [3.8, 4) is 5.75 Å². The predicted octanol–water partition coefficient (Wildman–Crippen LogP) is 1.53. The lowest BCUT2D eigenvalue weighted by molar-refractivity contribution is -0.125. The van der Waals surface area contributed by atoms with Crippen molar-refractivity contribution in [2.24, 2.45) is 0 Å². The number of imidazole rings is 1. The first-order chi connectivity index (χ1) is 15.5. The summed E-state index contributed by atoms with van der Waals surface area (Å²) < 4.78 is 18.3. The summed E-state index contributed by atoms with van der Waals surface area (Å²) in [6.45, 7) is 1.40. The van der Waals surface area contributed by atoms with Crippen LogP contribution < -0.4 is 10.1 Å². The van der Waals surface area contributed by atoms with E-state index in [1.165, 1.54) is 24.3 Å². The first kappa shape index (κ1) is 23.2. The third kappa shape index (κ3) is 6.50. The lowest BCUT2D eigenvalue weighted by Crippen LogP contribution is -2.55. The van der Waals surface area contributed by atoms with Crippen LogP contribution in [-0.2, 0) is 16.1 Å². The molecule has 2 heterocycles. The number of carboxylic acid groups (broad SMARTS) is 1. The number of likely N-dealkylation sites (tertiary alicyclic amines) is 1. The summed E-state index contributed by atoms with van der Waals surface area (Å²) in [5.41, 5.74) is 1.91. The van der Waals surface area contributed by atoms with Gasteiger partial charge in [-0.15, -0.1) is 0 Å². The minimum absolute atomic E-state index is 0.196. The van der Waals surface area contributed by atoms with Crippen molar-refractivity contribution in [3.05, 3.63) is 60.2 Å². The second-order valence-electron chi connectivity index (χ2n) is 7.31. The van der Waals surface area contributed by atoms with Crippen molar-refractivity contribution < 1.29 is 28.9 Å². The summed E-state index contributed by atoms with van der Waals surface area (Å²) in [4.78, 5) is 30.6. The summed E-state index contributed by atoms with van der Waals surface area (Å²) in [6, 6.07) is 12.9. The number of halogens is 1. The van der Waals surface area contributed by atoms with Gasteiger partial charge in [0.05, 0.1) is 29.7 Å². The van der Waals surface area contributed by atoms with Crippen LogP contribution >= 0.6 is 0 Å². The van der Waals surface area contributed by atoms with Gasteiger partial charge >= 0.3 is 0 Å². The van der Waals surface area contributed by atoms with Gasteiger partial charge in [-0.1, -0.05) is 12.1 Å². The Morgan fingerprint density at radius 1 is 1.28 bits per heavy atom. The normalized spacial score (nSPS) is 18.4. The zero-order chi connectivity index (χ0) is 22.9. The number of nitrogens with zero attached hydrogens (tertiary/aromatic N) is 2. The molecule has 0 spiro atoms. The second-order valence-corrected chi connectivity index (χ2v) is 7.31. The lowest BCUT2D eigenvalue weighted by Gasteiger charge is -2.36. The number of ether oxygens (including phenoxy) is 1. The fourth-order valence-corrected chi connectivity index (χ4v) is 3.51. The van der Waals surface area contributed by atoms with Gasteiger partial charge in [-0.3, -0.25) is 14.5 Å². The molecule has 1 aromatic heterocycles. The number of H-pyrrole nitrogens is 1. The number of aliphatic hydroxyl groups is 1. The van der Waals surface area contributed by atoms with Crippen LogP contribution in [0.4, 0.5) is 4.39 Å². The minimum atomic E-state index is -0.614. The first-order valence-electron chi connectivity index (χ1n) is 10.1. The Kier molecular flexibility index (Phi) is 8.12. The maximum Gasteiger partial charge on any atom is 0.290 e. The smallest absolute Gasteiger partial charge is 0.290 e. The number of aliphatic hydroxyl groups excluding tert-OH is 1. The van der Waals surface area contributed by atoms with Crippen LogP contribution in [0.3, 0.4) is 0 Å². The molecule has 1 fully saturated rings. The molecule has 32 heavy (non-hydrogen) atoms. The van der Waals surface area contributed by atoms with Gasteiger partial charge in [0.2, 0.25) is 0 Å². The van der Waals surface area contributed by atoms with E-state index in [9.17, 15) is 14.3 Å². The molecule has 0 radical (unpaired) electrons. The lowest BCUT2D eigenvalue weighted by atomic mass is 10.0. The Morgan fingerprint density at radius 2 is 2.00 bits per heavy atom. The Morgan fingerprint density at radius 3 is 2.72 bits per heavy atom. The summed E-state index contributed by atoms with van der Waals surface area (Å²) in [5.74, 6) is 0.574. The number of carbonyl (C=O) groups excluding carboxylic acids is 1. The standard InChI is InChI=1S/C21H23FN4O3.CH2O2/c22-14-5-7-15(8-6-14)29-13-21(28)25-18-11-26(10-9-19(18)27)12-20-23-16-3-1-2-4-17(16)24-20;2-1-3/h1-8,18-19,27H,9-13H2,(H,23,24)(H,25,28);1H,(H,2,3)/t18-,19+;/m1./s1. The van der Waals surface area contributed by atoms with Gasteiger partial charge in [0.1, 0.15) is 17.4 Å². The number of benzene rings is 2. The van der Waals surface area contributed by atoms with E-state index < -0.39 is 12.1 Å². The number of hydrogen-bond acceptors (Lipinski definition) is 6. The van der Waals surface area contributed by atoms with Crippen molar-refractivity contribution in [1.82, 2.24) is 20.2 Å². The van der Waals surface area contributed by atoms with E-state index in [0.29, 0.717) is 25.3 Å². The molecule has 0 saturated carbocycles. The van der Waals surface area contributed by atoms with Crippen LogP contribution in [0, 0.1) is 5.82 Å². The average Bonchev–Trinajstić information content (AvgIpc) is 3.18. The molecule has 1 aliphatic rings. The van der Waals surface area contributed by atoms with Gasteiger partial charge in [-0.25, -0.2) is 9.37 Å². The third-order valence-corrected chi connectivity index (χ3v) is 5.00. The zero-order valence-corrected chi connectivity index (χ0v) is 17.3. The highest BCUT2D eigenvalue weighted by molar-refractivity contribution is 5.78. The highest BCUT2D eigenvalue weighted by atomic mass is 19.1. The van der Waals surface area contributed by atoms with Crippen LogP contribution in [0.2, 0.25) is 0 Å². The predicted molar refractivity (Wildman–Crippen MR) is 115 cm³/mol. The molecule has 4 N–H and O–H groups in total. The van der Waals surface area contributed by atoms with Gasteiger partial charge in [0.25, 0.3) is 12.4 Å². The van der Waals surface area contributed by atoms with E-state index in [0.717, 1.165) is 23.4 Å². The Balaban J connectivity index is 0.000000913. The van der Waals surface area contributed by atoms with Crippen LogP contribution in [0.5, 0.6) is 5.75 Å². The molecule has 3 aromatic rings. The van der Waals surface area contributed by atoms with E-state index in [2.05, 4.69) is 20.2 Å². The maximum absolute atomic E-state index is 12.9. The molecule has 2 aromatic carbocycles. The number of aromatic nitrogens is 2. The quantitative estimate of drug-likeness (QED) is 0.425. The molecule has 4 rings (SSSR count). The fourth-order valence-electron chi connectivity index (χ4n) is 3.51. The van der Waals surface area contributed by atoms with Gasteiger partial charge in [0, 0.05) is 13.1 Å². The number of nitrogens with one attached hydrogen (secondary N) is 2. The van der Waals surface area contributed by atoms with Gasteiger partial charge in [-0.05, 0) is 42.8 Å². The van der Waals surface area contributed by atoms with Crippen molar-refractivity contribution >= 4 is 23.4 Å². The van der Waals surface area contributed by atoms with Crippen LogP contribution in [0.25, 0.3) is 11.0 Å².